The smallest absolute Gasteiger partial charge is 0.312 e. The van der Waals surface area contributed by atoms with Crippen LogP contribution < -0.4 is 5.73 Å². The van der Waals surface area contributed by atoms with Gasteiger partial charge in [-0.25, -0.2) is 0 Å². The molecular weight excluding hydrogens is 252 g/mol. The lowest BCUT2D eigenvalue weighted by molar-refractivity contribution is -0.144. The summed E-state index contributed by atoms with van der Waals surface area (Å²) in [5, 5.41) is 10.2. The molecule has 0 saturated heterocycles. The normalized spacial score (nSPS) is 13.9. The highest BCUT2D eigenvalue weighted by atomic mass is 16.4. The number of nitrogens with one attached hydrogen (secondary N) is 1. The van der Waals surface area contributed by atoms with Gasteiger partial charge in [-0.3, -0.25) is 4.79 Å². The van der Waals surface area contributed by atoms with E-state index in [2.05, 4.69) is 11.1 Å². The molecule has 0 amide bonds. The number of carboxylic acids is 1. The summed E-state index contributed by atoms with van der Waals surface area (Å²) in [6.45, 7) is 3.31. The third-order valence-electron chi connectivity index (χ3n) is 3.44. The van der Waals surface area contributed by atoms with Gasteiger partial charge in [0.2, 0.25) is 0 Å². The van der Waals surface area contributed by atoms with Crippen molar-refractivity contribution in [1.29, 1.82) is 0 Å². The molecule has 4 N–H and O–H groups in total. The van der Waals surface area contributed by atoms with E-state index in [9.17, 15) is 4.79 Å². The minimum atomic E-state index is -0.891. The van der Waals surface area contributed by atoms with Gasteiger partial charge in [0, 0.05) is 23.1 Å². The third-order valence-corrected chi connectivity index (χ3v) is 3.44. The highest BCUT2D eigenvalue weighted by Gasteiger charge is 2.23. The van der Waals surface area contributed by atoms with Crippen LogP contribution in [0.2, 0.25) is 0 Å². The van der Waals surface area contributed by atoms with Crippen LogP contribution in [0.5, 0.6) is 0 Å². The topological polar surface area (TPSA) is 79.1 Å². The zero-order valence-corrected chi connectivity index (χ0v) is 11.8. The van der Waals surface area contributed by atoms with Crippen LogP contribution in [0.3, 0.4) is 0 Å². The molecule has 0 saturated carbocycles. The van der Waals surface area contributed by atoms with E-state index in [4.69, 9.17) is 10.8 Å². The van der Waals surface area contributed by atoms with Crippen molar-refractivity contribution in [2.45, 2.75) is 26.3 Å². The number of H-pyrrole nitrogens is 1. The molecule has 1 unspecified atom stereocenters. The van der Waals surface area contributed by atoms with Gasteiger partial charge in [-0.05, 0) is 31.9 Å². The van der Waals surface area contributed by atoms with E-state index in [1.807, 2.05) is 24.4 Å². The van der Waals surface area contributed by atoms with Crippen molar-refractivity contribution in [1.82, 2.24) is 4.98 Å². The number of hydrogen-bond acceptors (Lipinski definition) is 2. The van der Waals surface area contributed by atoms with Gasteiger partial charge < -0.3 is 15.8 Å². The molecule has 4 nitrogen and oxygen atoms in total. The Hall–Kier alpha value is -2.07. The molecule has 1 atom stereocenters. The summed E-state index contributed by atoms with van der Waals surface area (Å²) in [6.07, 6.45) is 6.07. The summed E-state index contributed by atoms with van der Waals surface area (Å²) >= 11 is 0. The molecule has 2 aromatic rings. The average Bonchev–Trinajstić information content (AvgIpc) is 2.80. The number of aromatic nitrogens is 1. The van der Waals surface area contributed by atoms with E-state index >= 15 is 0 Å². The maximum absolute atomic E-state index is 11.0. The van der Waals surface area contributed by atoms with Gasteiger partial charge in [0.25, 0.3) is 0 Å². The van der Waals surface area contributed by atoms with Gasteiger partial charge >= 0.3 is 5.97 Å². The fraction of sp³-hybridized carbons (Fsp3) is 0.312. The minimum absolute atomic E-state index is 0.201. The van der Waals surface area contributed by atoms with Crippen molar-refractivity contribution in [2.75, 3.05) is 0 Å². The number of carboxylic acid groups (broad SMARTS) is 1. The summed E-state index contributed by atoms with van der Waals surface area (Å²) in [5.41, 5.74) is 7.41. The van der Waals surface area contributed by atoms with Crippen molar-refractivity contribution in [3.63, 3.8) is 0 Å². The first kappa shape index (κ1) is 14.3. The van der Waals surface area contributed by atoms with E-state index in [0.29, 0.717) is 6.42 Å². The summed E-state index contributed by atoms with van der Waals surface area (Å²) < 4.78 is 0. The van der Waals surface area contributed by atoms with E-state index in [1.165, 1.54) is 0 Å². The molecule has 0 aliphatic carbocycles. The second-order valence-electron chi connectivity index (χ2n) is 5.61. The van der Waals surface area contributed by atoms with Gasteiger partial charge in [-0.15, -0.1) is 0 Å². The van der Waals surface area contributed by atoms with Crippen LogP contribution >= 0.6 is 0 Å². The molecule has 20 heavy (non-hydrogen) atoms. The highest BCUT2D eigenvalue weighted by Crippen LogP contribution is 2.20. The Labute approximate surface area is 118 Å². The Bertz CT molecular complexity index is 641. The molecular formula is C16H20N2O2. The Morgan fingerprint density at radius 2 is 2.15 bits per heavy atom. The van der Waals surface area contributed by atoms with Crippen molar-refractivity contribution >= 4 is 16.9 Å². The fourth-order valence-corrected chi connectivity index (χ4v) is 2.06. The molecule has 0 aliphatic rings. The first-order chi connectivity index (χ1) is 9.40. The molecule has 0 fully saturated rings. The molecule has 1 aromatic carbocycles. The largest absolute Gasteiger partial charge is 0.481 e. The van der Waals surface area contributed by atoms with Crippen LogP contribution in [-0.4, -0.2) is 22.1 Å². The highest BCUT2D eigenvalue weighted by molar-refractivity contribution is 5.83. The molecule has 106 valence electrons. The summed E-state index contributed by atoms with van der Waals surface area (Å²) in [5.74, 6) is -0.854. The van der Waals surface area contributed by atoms with Crippen LogP contribution in [0.15, 0.2) is 42.6 Å². The van der Waals surface area contributed by atoms with Crippen LogP contribution in [0.25, 0.3) is 10.9 Å². The number of para-hydroxylation sites is 1. The van der Waals surface area contributed by atoms with E-state index in [1.54, 1.807) is 26.0 Å². The molecule has 0 radical (unpaired) electrons. The maximum Gasteiger partial charge on any atom is 0.312 e. The Kier molecular flexibility index (Phi) is 3.95. The fourth-order valence-electron chi connectivity index (χ4n) is 2.06. The zero-order chi connectivity index (χ0) is 14.8. The molecule has 4 heteroatoms. The molecule has 2 rings (SSSR count). The molecule has 0 aliphatic heterocycles. The Balaban J connectivity index is 2.10. The Morgan fingerprint density at radius 1 is 1.45 bits per heavy atom. The molecule has 1 heterocycles. The van der Waals surface area contributed by atoms with Crippen molar-refractivity contribution in [3.8, 4) is 0 Å². The first-order valence-corrected chi connectivity index (χ1v) is 6.63. The summed E-state index contributed by atoms with van der Waals surface area (Å²) in [4.78, 5) is 14.2. The zero-order valence-electron chi connectivity index (χ0n) is 11.8. The minimum Gasteiger partial charge on any atom is -0.481 e. The summed E-state index contributed by atoms with van der Waals surface area (Å²) in [7, 11) is 0. The maximum atomic E-state index is 11.0. The van der Waals surface area contributed by atoms with Gasteiger partial charge in [-0.2, -0.15) is 0 Å². The number of benzene rings is 1. The standard InChI is InChI=1S/C16H20N2O2/c1-16(2,15(19)20)8-7-12(17)9-11-10-18-14-6-4-3-5-13(11)14/h3-8,10,12,18H,9,17H2,1-2H3,(H,19,20)/b8-7+. The van der Waals surface area contributed by atoms with Crippen molar-refractivity contribution in [3.05, 3.63) is 48.2 Å². The lowest BCUT2D eigenvalue weighted by Crippen LogP contribution is -2.24. The number of rotatable bonds is 5. The predicted octanol–water partition coefficient (Wildman–Crippen LogP) is 2.70. The van der Waals surface area contributed by atoms with Crippen molar-refractivity contribution in [2.24, 2.45) is 11.1 Å². The number of carbonyl (C=O) groups is 1. The average molecular weight is 272 g/mol. The van der Waals surface area contributed by atoms with E-state index in [-0.39, 0.29) is 6.04 Å². The Morgan fingerprint density at radius 3 is 2.85 bits per heavy atom. The van der Waals surface area contributed by atoms with Crippen LogP contribution in [0.1, 0.15) is 19.4 Å². The van der Waals surface area contributed by atoms with Crippen molar-refractivity contribution < 1.29 is 9.90 Å². The quantitative estimate of drug-likeness (QED) is 0.732. The third kappa shape index (κ3) is 3.08. The van der Waals surface area contributed by atoms with E-state index in [0.717, 1.165) is 16.5 Å². The number of fused-ring (bicyclic) bond motifs is 1. The first-order valence-electron chi connectivity index (χ1n) is 6.63. The lowest BCUT2D eigenvalue weighted by Gasteiger charge is -2.14. The van der Waals surface area contributed by atoms with Crippen LogP contribution in [0, 0.1) is 5.41 Å². The van der Waals surface area contributed by atoms with Gasteiger partial charge in [0.15, 0.2) is 0 Å². The monoisotopic (exact) mass is 272 g/mol. The molecule has 0 spiro atoms. The summed E-state index contributed by atoms with van der Waals surface area (Å²) in [6, 6.07) is 7.85. The number of aromatic amines is 1. The van der Waals surface area contributed by atoms with E-state index < -0.39 is 11.4 Å². The lowest BCUT2D eigenvalue weighted by atomic mass is 9.92. The number of aliphatic carboxylic acids is 1. The number of hydrogen-bond donors (Lipinski definition) is 3. The van der Waals surface area contributed by atoms with Gasteiger partial charge in [0.1, 0.15) is 0 Å². The second-order valence-corrected chi connectivity index (χ2v) is 5.61. The number of nitrogens with two attached hydrogens (primary N) is 1. The SMILES string of the molecule is CC(C)(/C=C/C(N)Cc1c[nH]c2ccccc12)C(=O)O. The van der Waals surface area contributed by atoms with Gasteiger partial charge in [0.05, 0.1) is 5.41 Å². The van der Waals surface area contributed by atoms with Crippen LogP contribution in [-0.2, 0) is 11.2 Å². The van der Waals surface area contributed by atoms with Crippen LogP contribution in [0.4, 0.5) is 0 Å². The molecule has 1 aromatic heterocycles. The second kappa shape index (κ2) is 5.51. The van der Waals surface area contributed by atoms with Gasteiger partial charge in [-0.1, -0.05) is 30.4 Å². The molecule has 0 bridgehead atoms. The predicted molar refractivity (Wildman–Crippen MR) is 80.5 cm³/mol.